The third-order valence-corrected chi connectivity index (χ3v) is 3.10. The smallest absolute Gasteiger partial charge is 0.0881 e. The molecule has 0 aromatic carbocycles. The Labute approximate surface area is 71.9 Å². The summed E-state index contributed by atoms with van der Waals surface area (Å²) in [6, 6.07) is 2.32. The second-order valence-corrected chi connectivity index (χ2v) is 3.77. The van der Waals surface area contributed by atoms with Gasteiger partial charge in [0, 0.05) is 6.61 Å². The first-order valence-electron chi connectivity index (χ1n) is 4.48. The Morgan fingerprint density at radius 2 is 2.42 bits per heavy atom. The number of nitriles is 1. The normalized spacial score (nSPS) is 44.7. The topological polar surface area (TPSA) is 53.2 Å². The van der Waals surface area contributed by atoms with Gasteiger partial charge in [0.15, 0.2) is 0 Å². The van der Waals surface area contributed by atoms with E-state index in [0.29, 0.717) is 12.5 Å². The van der Waals surface area contributed by atoms with Crippen molar-refractivity contribution in [1.82, 2.24) is 0 Å². The van der Waals surface area contributed by atoms with Crippen molar-refractivity contribution in [3.8, 4) is 6.07 Å². The highest BCUT2D eigenvalue weighted by Crippen LogP contribution is 2.49. The first-order chi connectivity index (χ1) is 5.80. The van der Waals surface area contributed by atoms with E-state index in [9.17, 15) is 0 Å². The van der Waals surface area contributed by atoms with Crippen LogP contribution in [-0.4, -0.2) is 23.9 Å². The number of nitrogens with zero attached hydrogens (tertiary/aromatic N) is 1. The van der Waals surface area contributed by atoms with Crippen LogP contribution in [0.5, 0.6) is 0 Å². The Balaban J connectivity index is 2.15. The average Bonchev–Trinajstić information content (AvgIpc) is 2.64. The Kier molecular flexibility index (Phi) is 1.82. The van der Waals surface area contributed by atoms with Gasteiger partial charge in [-0.05, 0) is 25.7 Å². The van der Waals surface area contributed by atoms with Crippen molar-refractivity contribution in [2.75, 3.05) is 6.61 Å². The van der Waals surface area contributed by atoms with Gasteiger partial charge in [-0.1, -0.05) is 0 Å². The van der Waals surface area contributed by atoms with Crippen LogP contribution in [0.15, 0.2) is 0 Å². The van der Waals surface area contributed by atoms with Crippen molar-refractivity contribution < 1.29 is 9.84 Å². The highest BCUT2D eigenvalue weighted by molar-refractivity contribution is 5.11. The van der Waals surface area contributed by atoms with E-state index in [1.807, 2.05) is 0 Å². The summed E-state index contributed by atoms with van der Waals surface area (Å²) in [5.74, 6) is 0. The number of aliphatic hydroxyl groups is 1. The molecule has 2 bridgehead atoms. The second-order valence-electron chi connectivity index (χ2n) is 3.77. The molecule has 0 aliphatic carbocycles. The summed E-state index contributed by atoms with van der Waals surface area (Å²) in [5.41, 5.74) is -0.363. The van der Waals surface area contributed by atoms with Crippen molar-refractivity contribution in [3.05, 3.63) is 0 Å². The highest BCUT2D eigenvalue weighted by Gasteiger charge is 2.52. The van der Waals surface area contributed by atoms with Crippen molar-refractivity contribution >= 4 is 0 Å². The molecule has 3 nitrogen and oxygen atoms in total. The molecule has 1 N–H and O–H groups in total. The molecule has 3 heteroatoms. The maximum absolute atomic E-state index is 9.03. The molecule has 0 saturated carbocycles. The van der Waals surface area contributed by atoms with Crippen molar-refractivity contribution in [2.45, 2.75) is 37.9 Å². The van der Waals surface area contributed by atoms with Gasteiger partial charge in [0.05, 0.1) is 23.7 Å². The Morgan fingerprint density at radius 1 is 1.58 bits per heavy atom. The van der Waals surface area contributed by atoms with Crippen LogP contribution in [0, 0.1) is 16.7 Å². The maximum Gasteiger partial charge on any atom is 0.0881 e. The lowest BCUT2D eigenvalue weighted by Crippen LogP contribution is -2.31. The summed E-state index contributed by atoms with van der Waals surface area (Å²) in [4.78, 5) is 0. The van der Waals surface area contributed by atoms with Crippen LogP contribution in [-0.2, 0) is 4.74 Å². The van der Waals surface area contributed by atoms with Gasteiger partial charge >= 0.3 is 0 Å². The molecule has 3 unspecified atom stereocenters. The lowest BCUT2D eigenvalue weighted by atomic mass is 9.73. The predicted octanol–water partition coefficient (Wildman–Crippen LogP) is 0.830. The van der Waals surface area contributed by atoms with Gasteiger partial charge in [-0.15, -0.1) is 0 Å². The monoisotopic (exact) mass is 167 g/mol. The number of rotatable bonds is 2. The van der Waals surface area contributed by atoms with Gasteiger partial charge in [-0.2, -0.15) is 5.26 Å². The van der Waals surface area contributed by atoms with Crippen LogP contribution in [0.2, 0.25) is 0 Å². The van der Waals surface area contributed by atoms with Crippen LogP contribution >= 0.6 is 0 Å². The van der Waals surface area contributed by atoms with Crippen LogP contribution in [0.1, 0.15) is 25.7 Å². The summed E-state index contributed by atoms with van der Waals surface area (Å²) < 4.78 is 5.60. The third-order valence-electron chi connectivity index (χ3n) is 3.10. The lowest BCUT2D eigenvalue weighted by Gasteiger charge is -2.26. The summed E-state index contributed by atoms with van der Waals surface area (Å²) in [7, 11) is 0. The molecule has 2 aliphatic rings. The maximum atomic E-state index is 9.03. The molecule has 0 spiro atoms. The minimum Gasteiger partial charge on any atom is -0.396 e. The van der Waals surface area contributed by atoms with E-state index in [1.54, 1.807) is 0 Å². The molecule has 3 atom stereocenters. The molecule has 2 saturated heterocycles. The lowest BCUT2D eigenvalue weighted by molar-refractivity contribution is 0.0699. The molecule has 2 rings (SSSR count). The number of aliphatic hydroxyl groups excluding tert-OH is 1. The zero-order valence-electron chi connectivity index (χ0n) is 6.99. The molecular formula is C9H13NO2. The molecular weight excluding hydrogens is 154 g/mol. The summed E-state index contributed by atoms with van der Waals surface area (Å²) in [5, 5.41) is 17.9. The molecule has 66 valence electrons. The second kappa shape index (κ2) is 2.72. The fraction of sp³-hybridized carbons (Fsp3) is 0.889. The van der Waals surface area contributed by atoms with E-state index in [-0.39, 0.29) is 18.1 Å². The average molecular weight is 167 g/mol. The van der Waals surface area contributed by atoms with Gasteiger partial charge in [0.1, 0.15) is 0 Å². The van der Waals surface area contributed by atoms with Crippen LogP contribution in [0.25, 0.3) is 0 Å². The largest absolute Gasteiger partial charge is 0.396 e. The van der Waals surface area contributed by atoms with Gasteiger partial charge in [0.2, 0.25) is 0 Å². The van der Waals surface area contributed by atoms with E-state index < -0.39 is 0 Å². The Morgan fingerprint density at radius 3 is 2.83 bits per heavy atom. The molecule has 2 heterocycles. The summed E-state index contributed by atoms with van der Waals surface area (Å²) >= 11 is 0. The van der Waals surface area contributed by atoms with E-state index in [1.165, 1.54) is 0 Å². The first kappa shape index (κ1) is 8.03. The Hall–Kier alpha value is -0.590. The number of ether oxygens (including phenoxy) is 1. The molecule has 2 fully saturated rings. The molecule has 0 aromatic heterocycles. The van der Waals surface area contributed by atoms with Crippen molar-refractivity contribution in [3.63, 3.8) is 0 Å². The van der Waals surface area contributed by atoms with Gasteiger partial charge in [-0.25, -0.2) is 0 Å². The number of fused-ring (bicyclic) bond motifs is 2. The predicted molar refractivity (Wildman–Crippen MR) is 42.3 cm³/mol. The van der Waals surface area contributed by atoms with Gasteiger partial charge in [-0.3, -0.25) is 0 Å². The molecule has 2 aliphatic heterocycles. The van der Waals surface area contributed by atoms with Crippen LogP contribution in [0.4, 0.5) is 0 Å². The summed E-state index contributed by atoms with van der Waals surface area (Å²) in [6.45, 7) is 0.0974. The fourth-order valence-electron chi connectivity index (χ4n) is 2.44. The minimum absolute atomic E-state index is 0.0969. The Bertz CT molecular complexity index is 223. The molecule has 12 heavy (non-hydrogen) atoms. The number of hydrogen-bond acceptors (Lipinski definition) is 3. The van der Waals surface area contributed by atoms with E-state index in [2.05, 4.69) is 6.07 Å². The molecule has 0 radical (unpaired) electrons. The quantitative estimate of drug-likeness (QED) is 0.662. The van der Waals surface area contributed by atoms with Crippen LogP contribution < -0.4 is 0 Å². The standard InChI is InChI=1S/C9H13NO2/c10-6-9(3-4-11)5-7-1-2-8(9)12-7/h7-8,11H,1-5H2. The first-order valence-corrected chi connectivity index (χ1v) is 4.48. The third kappa shape index (κ3) is 0.954. The SMILES string of the molecule is N#CC1(CCO)CC2CCC1O2. The molecule has 0 amide bonds. The van der Waals surface area contributed by atoms with E-state index in [0.717, 1.165) is 19.3 Å². The van der Waals surface area contributed by atoms with Gasteiger partial charge < -0.3 is 9.84 Å². The molecule has 0 aromatic rings. The fourth-order valence-corrected chi connectivity index (χ4v) is 2.44. The highest BCUT2D eigenvalue weighted by atomic mass is 16.5. The van der Waals surface area contributed by atoms with Crippen molar-refractivity contribution in [1.29, 1.82) is 5.26 Å². The van der Waals surface area contributed by atoms with E-state index >= 15 is 0 Å². The summed E-state index contributed by atoms with van der Waals surface area (Å²) in [6.07, 6.45) is 3.89. The minimum atomic E-state index is -0.363. The number of hydrogen-bond donors (Lipinski definition) is 1. The van der Waals surface area contributed by atoms with Crippen LogP contribution in [0.3, 0.4) is 0 Å². The van der Waals surface area contributed by atoms with Gasteiger partial charge in [0.25, 0.3) is 0 Å². The zero-order valence-corrected chi connectivity index (χ0v) is 6.99. The van der Waals surface area contributed by atoms with E-state index in [4.69, 9.17) is 15.1 Å². The zero-order chi connectivity index (χ0) is 8.60. The van der Waals surface area contributed by atoms with Crippen molar-refractivity contribution in [2.24, 2.45) is 5.41 Å².